The minimum absolute atomic E-state index is 0.635. The molecule has 0 aliphatic carbocycles. The molecule has 0 fully saturated rings. The van der Waals surface area contributed by atoms with Gasteiger partial charge in [-0.1, -0.05) is 47.6 Å². The number of hydrogen-bond acceptors (Lipinski definition) is 4. The van der Waals surface area contributed by atoms with Gasteiger partial charge in [0.05, 0.1) is 11.9 Å². The molecule has 0 saturated heterocycles. The molecule has 0 saturated carbocycles. The molecule has 0 spiro atoms. The van der Waals surface area contributed by atoms with Crippen molar-refractivity contribution < 1.29 is 0 Å². The third-order valence-corrected chi connectivity index (χ3v) is 5.45. The zero-order chi connectivity index (χ0) is 19.3. The van der Waals surface area contributed by atoms with E-state index in [-0.39, 0.29) is 0 Å². The standard InChI is InChI=1S/C21H18ClN5S/c1-2-12-26-20(17-8-10-18(22)11-9-17)24-25-21(26)28-15-16-13-23-27(14-16)19-6-4-3-5-7-19/h2-11,13-14H,1,12,15H2. The van der Waals surface area contributed by atoms with Crippen LogP contribution in [-0.4, -0.2) is 24.5 Å². The molecule has 4 aromatic rings. The van der Waals surface area contributed by atoms with Crippen LogP contribution in [0.25, 0.3) is 17.1 Å². The van der Waals surface area contributed by atoms with Gasteiger partial charge in [-0.3, -0.25) is 4.57 Å². The van der Waals surface area contributed by atoms with Gasteiger partial charge >= 0.3 is 0 Å². The van der Waals surface area contributed by atoms with Crippen LogP contribution < -0.4 is 0 Å². The second-order valence-corrected chi connectivity index (χ2v) is 7.51. The Morgan fingerprint density at radius 3 is 2.57 bits per heavy atom. The maximum atomic E-state index is 6.00. The van der Waals surface area contributed by atoms with Crippen molar-refractivity contribution in [3.8, 4) is 17.1 Å². The van der Waals surface area contributed by atoms with Crippen LogP contribution in [0.3, 0.4) is 0 Å². The minimum Gasteiger partial charge on any atom is -0.298 e. The van der Waals surface area contributed by atoms with Crippen LogP contribution in [0.2, 0.25) is 5.02 Å². The maximum absolute atomic E-state index is 6.00. The van der Waals surface area contributed by atoms with Gasteiger partial charge in [0.1, 0.15) is 0 Å². The summed E-state index contributed by atoms with van der Waals surface area (Å²) in [6, 6.07) is 17.7. The fourth-order valence-corrected chi connectivity index (χ4v) is 3.79. The maximum Gasteiger partial charge on any atom is 0.192 e. The van der Waals surface area contributed by atoms with Crippen molar-refractivity contribution in [1.29, 1.82) is 0 Å². The second-order valence-electron chi connectivity index (χ2n) is 6.13. The molecular weight excluding hydrogens is 390 g/mol. The van der Waals surface area contributed by atoms with E-state index in [1.807, 2.05) is 77.7 Å². The molecule has 0 bridgehead atoms. The third kappa shape index (κ3) is 4.03. The molecule has 2 aromatic heterocycles. The Hall–Kier alpha value is -2.83. The lowest BCUT2D eigenvalue weighted by molar-refractivity contribution is 0.731. The van der Waals surface area contributed by atoms with Crippen LogP contribution in [0.15, 0.2) is 84.8 Å². The predicted molar refractivity (Wildman–Crippen MR) is 114 cm³/mol. The fourth-order valence-electron chi connectivity index (χ4n) is 2.81. The highest BCUT2D eigenvalue weighted by atomic mass is 35.5. The summed E-state index contributed by atoms with van der Waals surface area (Å²) in [5.41, 5.74) is 3.14. The Morgan fingerprint density at radius 1 is 1.04 bits per heavy atom. The Morgan fingerprint density at radius 2 is 1.82 bits per heavy atom. The zero-order valence-electron chi connectivity index (χ0n) is 15.1. The lowest BCUT2D eigenvalue weighted by Crippen LogP contribution is -2.00. The predicted octanol–water partition coefficient (Wildman–Crippen LogP) is 5.26. The SMILES string of the molecule is C=CCn1c(SCc2cnn(-c3ccccc3)c2)nnc1-c1ccc(Cl)cc1. The zero-order valence-corrected chi connectivity index (χ0v) is 16.6. The highest BCUT2D eigenvalue weighted by Crippen LogP contribution is 2.27. The van der Waals surface area contributed by atoms with E-state index in [2.05, 4.69) is 26.4 Å². The van der Waals surface area contributed by atoms with E-state index in [1.165, 1.54) is 0 Å². The van der Waals surface area contributed by atoms with E-state index in [9.17, 15) is 0 Å². The van der Waals surface area contributed by atoms with Crippen molar-refractivity contribution in [3.63, 3.8) is 0 Å². The number of halogens is 1. The average Bonchev–Trinajstić information content (AvgIpc) is 3.35. The largest absolute Gasteiger partial charge is 0.298 e. The number of para-hydroxylation sites is 1. The molecule has 2 heterocycles. The number of nitrogens with zero attached hydrogens (tertiary/aromatic N) is 5. The van der Waals surface area contributed by atoms with Crippen LogP contribution in [0.5, 0.6) is 0 Å². The van der Waals surface area contributed by atoms with Crippen LogP contribution in [0.4, 0.5) is 0 Å². The van der Waals surface area contributed by atoms with E-state index in [4.69, 9.17) is 11.6 Å². The first-order chi connectivity index (χ1) is 13.7. The van der Waals surface area contributed by atoms with Gasteiger partial charge in [0, 0.05) is 34.6 Å². The van der Waals surface area contributed by atoms with E-state index < -0.39 is 0 Å². The molecule has 0 amide bonds. The Balaban J connectivity index is 1.53. The highest BCUT2D eigenvalue weighted by molar-refractivity contribution is 7.98. The number of benzene rings is 2. The van der Waals surface area contributed by atoms with E-state index in [1.54, 1.807) is 11.8 Å². The van der Waals surface area contributed by atoms with Crippen molar-refractivity contribution in [2.75, 3.05) is 0 Å². The van der Waals surface area contributed by atoms with Crippen LogP contribution in [0, 0.1) is 0 Å². The first-order valence-electron chi connectivity index (χ1n) is 8.76. The van der Waals surface area contributed by atoms with Crippen LogP contribution >= 0.6 is 23.4 Å². The lowest BCUT2D eigenvalue weighted by atomic mass is 10.2. The van der Waals surface area contributed by atoms with Crippen molar-refractivity contribution in [2.45, 2.75) is 17.5 Å². The normalized spacial score (nSPS) is 10.9. The Bertz CT molecular complexity index is 1070. The molecule has 28 heavy (non-hydrogen) atoms. The minimum atomic E-state index is 0.635. The van der Waals surface area contributed by atoms with Crippen LogP contribution in [0.1, 0.15) is 5.56 Å². The van der Waals surface area contributed by atoms with E-state index >= 15 is 0 Å². The molecule has 0 aliphatic rings. The van der Waals surface area contributed by atoms with Crippen molar-refractivity contribution >= 4 is 23.4 Å². The molecule has 0 radical (unpaired) electrons. The van der Waals surface area contributed by atoms with Gasteiger partial charge in [-0.25, -0.2) is 4.68 Å². The van der Waals surface area contributed by atoms with Gasteiger partial charge in [-0.05, 0) is 36.4 Å². The monoisotopic (exact) mass is 407 g/mol. The van der Waals surface area contributed by atoms with Gasteiger partial charge < -0.3 is 0 Å². The summed E-state index contributed by atoms with van der Waals surface area (Å²) in [4.78, 5) is 0. The van der Waals surface area contributed by atoms with Gasteiger partial charge in [-0.15, -0.1) is 16.8 Å². The third-order valence-electron chi connectivity index (χ3n) is 4.16. The molecule has 2 aromatic carbocycles. The number of aromatic nitrogens is 5. The number of allylic oxidation sites excluding steroid dienone is 1. The lowest BCUT2D eigenvalue weighted by Gasteiger charge is -2.07. The smallest absolute Gasteiger partial charge is 0.192 e. The molecule has 0 N–H and O–H groups in total. The summed E-state index contributed by atoms with van der Waals surface area (Å²) in [6.07, 6.45) is 5.77. The first-order valence-corrected chi connectivity index (χ1v) is 10.1. The quantitative estimate of drug-likeness (QED) is 0.309. The van der Waals surface area contributed by atoms with Gasteiger partial charge in [0.15, 0.2) is 11.0 Å². The molecular formula is C21H18ClN5S. The summed E-state index contributed by atoms with van der Waals surface area (Å²) in [5, 5.41) is 14.8. The molecule has 140 valence electrons. The van der Waals surface area contributed by atoms with Crippen molar-refractivity contribution in [3.05, 3.63) is 90.2 Å². The molecule has 0 unspecified atom stereocenters. The van der Waals surface area contributed by atoms with E-state index in [0.717, 1.165) is 33.5 Å². The molecule has 5 nitrogen and oxygen atoms in total. The number of rotatable bonds is 7. The average molecular weight is 408 g/mol. The second kappa shape index (κ2) is 8.46. The van der Waals surface area contributed by atoms with Gasteiger partial charge in [-0.2, -0.15) is 5.10 Å². The molecule has 0 aliphatic heterocycles. The number of hydrogen-bond donors (Lipinski definition) is 0. The summed E-state index contributed by atoms with van der Waals surface area (Å²) >= 11 is 7.63. The highest BCUT2D eigenvalue weighted by Gasteiger charge is 2.14. The summed E-state index contributed by atoms with van der Waals surface area (Å²) in [6.45, 7) is 4.50. The first kappa shape index (κ1) is 18.5. The van der Waals surface area contributed by atoms with E-state index in [0.29, 0.717) is 11.6 Å². The summed E-state index contributed by atoms with van der Waals surface area (Å²) in [5.74, 6) is 1.56. The summed E-state index contributed by atoms with van der Waals surface area (Å²) < 4.78 is 3.94. The van der Waals surface area contributed by atoms with Gasteiger partial charge in [0.25, 0.3) is 0 Å². The Kier molecular flexibility index (Phi) is 5.60. The van der Waals surface area contributed by atoms with Crippen molar-refractivity contribution in [2.24, 2.45) is 0 Å². The summed E-state index contributed by atoms with van der Waals surface area (Å²) in [7, 11) is 0. The Labute approximate surface area is 172 Å². The topological polar surface area (TPSA) is 48.5 Å². The van der Waals surface area contributed by atoms with Gasteiger partial charge in [0.2, 0.25) is 0 Å². The van der Waals surface area contributed by atoms with Crippen molar-refractivity contribution in [1.82, 2.24) is 24.5 Å². The molecule has 7 heteroatoms. The molecule has 0 atom stereocenters. The fraction of sp³-hybridized carbons (Fsp3) is 0.0952. The molecule has 4 rings (SSSR count). The van der Waals surface area contributed by atoms with Crippen LogP contribution in [-0.2, 0) is 12.3 Å². The number of thioether (sulfide) groups is 1.